The molecule has 0 aliphatic carbocycles. The van der Waals surface area contributed by atoms with E-state index in [0.717, 1.165) is 12.3 Å². The molecular weight excluding hydrogens is 328 g/mol. The van der Waals surface area contributed by atoms with Gasteiger partial charge in [0.15, 0.2) is 0 Å². The molecule has 0 aliphatic rings. The molecule has 0 saturated carbocycles. The van der Waals surface area contributed by atoms with Crippen molar-refractivity contribution in [2.45, 2.75) is 46.0 Å². The third-order valence-electron chi connectivity index (χ3n) is 2.68. The average molecular weight is 351 g/mol. The van der Waals surface area contributed by atoms with E-state index < -0.39 is 0 Å². The van der Waals surface area contributed by atoms with E-state index in [9.17, 15) is 0 Å². The predicted molar refractivity (Wildman–Crippen MR) is 65.1 cm³/mol. The maximum atomic E-state index is 9.13. The van der Waals surface area contributed by atoms with E-state index in [4.69, 9.17) is 5.11 Å². The zero-order chi connectivity index (χ0) is 11.1. The van der Waals surface area contributed by atoms with Crippen molar-refractivity contribution in [1.82, 2.24) is 0 Å². The fourth-order valence-electron chi connectivity index (χ4n) is 1.72. The first-order valence-electron chi connectivity index (χ1n) is 5.96. The summed E-state index contributed by atoms with van der Waals surface area (Å²) >= 11 is 0. The van der Waals surface area contributed by atoms with Gasteiger partial charge in [-0.15, -0.1) is 0 Å². The van der Waals surface area contributed by atoms with Gasteiger partial charge in [0.05, 0.1) is 0 Å². The third-order valence-corrected chi connectivity index (χ3v) is 2.68. The summed E-state index contributed by atoms with van der Waals surface area (Å²) in [4.78, 5) is 0. The van der Waals surface area contributed by atoms with Gasteiger partial charge < -0.3 is 5.11 Å². The van der Waals surface area contributed by atoms with Gasteiger partial charge in [-0.3, -0.25) is 0 Å². The second kappa shape index (κ2) is 9.41. The van der Waals surface area contributed by atoms with Crippen LogP contribution in [0.2, 0.25) is 0 Å². The van der Waals surface area contributed by atoms with Crippen LogP contribution in [0.5, 0.6) is 5.75 Å². The summed E-state index contributed by atoms with van der Waals surface area (Å²) in [6.07, 6.45) is 6.40. The number of hydrogen-bond acceptors (Lipinski definition) is 1. The van der Waals surface area contributed by atoms with Crippen LogP contribution in [0.25, 0.3) is 0 Å². The minimum atomic E-state index is 0. The molecule has 0 unspecified atom stereocenters. The Bertz CT molecular complexity index is 267. The molecule has 0 aliphatic heterocycles. The van der Waals surface area contributed by atoms with Gasteiger partial charge in [-0.2, -0.15) is 0 Å². The Morgan fingerprint density at radius 1 is 1.00 bits per heavy atom. The summed E-state index contributed by atoms with van der Waals surface area (Å²) in [5.74, 6) is 1.19. The van der Waals surface area contributed by atoms with Gasteiger partial charge in [0, 0.05) is 40.8 Å². The van der Waals surface area contributed by atoms with Crippen LogP contribution in [0.3, 0.4) is 0 Å². The quantitative estimate of drug-likeness (QED) is 0.764. The van der Waals surface area contributed by atoms with Crippen LogP contribution in [0.1, 0.15) is 45.1 Å². The first-order valence-corrected chi connectivity index (χ1v) is 5.96. The minimum Gasteiger partial charge on any atom is -0.508 e. The van der Waals surface area contributed by atoms with Crippen molar-refractivity contribution in [3.63, 3.8) is 0 Å². The van der Waals surface area contributed by atoms with Crippen molar-refractivity contribution in [3.05, 3.63) is 29.8 Å². The van der Waals surface area contributed by atoms with E-state index in [-0.39, 0.29) is 40.8 Å². The predicted octanol–water partition coefficient (Wildman–Crippen LogP) is 4.15. The average Bonchev–Trinajstić information content (AvgIpc) is 2.20. The number of unbranched alkanes of at least 4 members (excludes halogenated alkanes) is 2. The molecule has 16 heavy (non-hydrogen) atoms. The Labute approximate surface area is 132 Å². The fraction of sp³-hybridized carbons (Fsp3) is 0.571. The molecule has 0 spiro atoms. The summed E-state index contributed by atoms with van der Waals surface area (Å²) in [6.45, 7) is 4.56. The monoisotopic (exact) mass is 348 g/mol. The van der Waals surface area contributed by atoms with Crippen LogP contribution < -0.4 is 0 Å². The van der Waals surface area contributed by atoms with E-state index in [1.807, 2.05) is 12.1 Å². The molecule has 1 N–H and O–H groups in total. The molecule has 2 heteroatoms. The molecule has 0 saturated heterocycles. The van der Waals surface area contributed by atoms with E-state index in [2.05, 4.69) is 13.8 Å². The van der Waals surface area contributed by atoms with Crippen molar-refractivity contribution in [1.29, 1.82) is 0 Å². The van der Waals surface area contributed by atoms with Crippen molar-refractivity contribution < 1.29 is 45.9 Å². The molecule has 1 nitrogen and oxygen atoms in total. The third kappa shape index (κ3) is 7.61. The van der Waals surface area contributed by atoms with Gasteiger partial charge >= 0.3 is 0 Å². The second-order valence-corrected chi connectivity index (χ2v) is 4.66. The zero-order valence-corrected chi connectivity index (χ0v) is 13.6. The first kappa shape index (κ1) is 16.4. The Kier molecular flexibility index (Phi) is 9.62. The molecule has 0 fully saturated rings. The molecule has 0 aromatic heterocycles. The summed E-state index contributed by atoms with van der Waals surface area (Å²) in [7, 11) is 0. The summed E-state index contributed by atoms with van der Waals surface area (Å²) in [5.41, 5.74) is 1.33. The van der Waals surface area contributed by atoms with Gasteiger partial charge in [-0.25, -0.2) is 0 Å². The number of aromatic hydroxyl groups is 1. The molecular formula is C14H22NdO. The largest absolute Gasteiger partial charge is 0.508 e. The maximum Gasteiger partial charge on any atom is 0.115 e. The number of phenols is 1. The van der Waals surface area contributed by atoms with E-state index in [0.29, 0.717) is 5.75 Å². The molecule has 0 radical (unpaired) electrons. The standard InChI is InChI=1S/C14H22O.Nd/c1-12(2)6-4-3-5-7-13-8-10-14(15)11-9-13;/h8-12,15H,3-7H2,1-2H3;. The Morgan fingerprint density at radius 2 is 1.62 bits per heavy atom. The van der Waals surface area contributed by atoms with Crippen molar-refractivity contribution >= 4 is 0 Å². The van der Waals surface area contributed by atoms with Gasteiger partial charge in [-0.1, -0.05) is 45.2 Å². The van der Waals surface area contributed by atoms with Gasteiger partial charge in [0.25, 0.3) is 0 Å². The van der Waals surface area contributed by atoms with Crippen LogP contribution in [-0.4, -0.2) is 5.11 Å². The van der Waals surface area contributed by atoms with Gasteiger partial charge in [0.2, 0.25) is 0 Å². The van der Waals surface area contributed by atoms with E-state index >= 15 is 0 Å². The topological polar surface area (TPSA) is 20.2 Å². The maximum absolute atomic E-state index is 9.13. The molecule has 1 rings (SSSR count). The Morgan fingerprint density at radius 3 is 2.19 bits per heavy atom. The molecule has 0 atom stereocenters. The number of hydrogen-bond donors (Lipinski definition) is 1. The van der Waals surface area contributed by atoms with Gasteiger partial charge in [-0.05, 0) is 36.5 Å². The number of phenolic OH excluding ortho intramolecular Hbond substituents is 1. The summed E-state index contributed by atoms with van der Waals surface area (Å²) in [6, 6.07) is 7.56. The SMILES string of the molecule is CC(C)CCCCCc1ccc(O)cc1.[Nd]. The zero-order valence-electron chi connectivity index (χ0n) is 10.4. The number of aryl methyl sites for hydroxylation is 1. The number of rotatable bonds is 6. The van der Waals surface area contributed by atoms with E-state index in [1.165, 1.54) is 31.2 Å². The van der Waals surface area contributed by atoms with Crippen LogP contribution in [0.15, 0.2) is 24.3 Å². The second-order valence-electron chi connectivity index (χ2n) is 4.66. The molecule has 0 bridgehead atoms. The molecule has 1 aromatic carbocycles. The normalized spacial score (nSPS) is 10.2. The smallest absolute Gasteiger partial charge is 0.115 e. The molecule has 88 valence electrons. The molecule has 0 amide bonds. The number of benzene rings is 1. The molecule has 0 heterocycles. The van der Waals surface area contributed by atoms with Crippen molar-refractivity contribution in [3.8, 4) is 5.75 Å². The van der Waals surface area contributed by atoms with Gasteiger partial charge in [0.1, 0.15) is 5.75 Å². The van der Waals surface area contributed by atoms with Crippen molar-refractivity contribution in [2.75, 3.05) is 0 Å². The van der Waals surface area contributed by atoms with Crippen LogP contribution >= 0.6 is 0 Å². The van der Waals surface area contributed by atoms with Crippen LogP contribution in [0, 0.1) is 46.8 Å². The first-order chi connectivity index (χ1) is 7.18. The van der Waals surface area contributed by atoms with Crippen LogP contribution in [0.4, 0.5) is 0 Å². The van der Waals surface area contributed by atoms with Crippen LogP contribution in [-0.2, 0) is 6.42 Å². The Balaban J connectivity index is 0.00000225. The van der Waals surface area contributed by atoms with E-state index in [1.54, 1.807) is 12.1 Å². The minimum absolute atomic E-state index is 0. The summed E-state index contributed by atoms with van der Waals surface area (Å²) < 4.78 is 0. The fourth-order valence-corrected chi connectivity index (χ4v) is 1.72. The summed E-state index contributed by atoms with van der Waals surface area (Å²) in [5, 5.41) is 9.13. The van der Waals surface area contributed by atoms with Crippen molar-refractivity contribution in [2.24, 2.45) is 5.92 Å². The Hall–Kier alpha value is 0.371. The molecule has 1 aromatic rings.